The average Bonchev–Trinajstić information content (AvgIpc) is 2.31. The Kier molecular flexibility index (Phi) is 3.90. The van der Waals surface area contributed by atoms with E-state index < -0.39 is 12.1 Å². The number of aliphatic hydroxyl groups is 1. The summed E-state index contributed by atoms with van der Waals surface area (Å²) in [6.07, 6.45) is -1.19. The highest BCUT2D eigenvalue weighted by Crippen LogP contribution is 2.36. The van der Waals surface area contributed by atoms with Crippen LogP contribution in [-0.2, 0) is 4.79 Å². The number of rotatable bonds is 3. The summed E-state index contributed by atoms with van der Waals surface area (Å²) in [6, 6.07) is 1.71. The van der Waals surface area contributed by atoms with Crippen LogP contribution < -0.4 is 0 Å². The fourth-order valence-corrected chi connectivity index (χ4v) is 2.87. The van der Waals surface area contributed by atoms with Gasteiger partial charge in [-0.25, -0.2) is 0 Å². The van der Waals surface area contributed by atoms with E-state index in [-0.39, 0.29) is 6.42 Å². The molecule has 1 heterocycles. The molecule has 3 nitrogen and oxygen atoms in total. The van der Waals surface area contributed by atoms with Crippen molar-refractivity contribution >= 4 is 49.2 Å². The topological polar surface area (TPSA) is 57.5 Å². The van der Waals surface area contributed by atoms with Gasteiger partial charge in [0.25, 0.3) is 0 Å². The number of aliphatic hydroxyl groups excluding tert-OH is 1. The fraction of sp³-hybridized carbons (Fsp3) is 0.286. The van der Waals surface area contributed by atoms with Crippen LogP contribution >= 0.6 is 43.2 Å². The van der Waals surface area contributed by atoms with E-state index in [4.69, 9.17) is 5.11 Å². The van der Waals surface area contributed by atoms with Crippen LogP contribution in [0.4, 0.5) is 0 Å². The number of aliphatic carboxylic acids is 1. The van der Waals surface area contributed by atoms with Crippen molar-refractivity contribution in [2.45, 2.75) is 12.5 Å². The number of thiophene rings is 1. The normalized spacial score (nSPS) is 12.8. The number of hydrogen-bond donors (Lipinski definition) is 2. The number of carboxylic acid groups (broad SMARTS) is 1. The minimum atomic E-state index is -1.01. The number of carbonyl (C=O) groups is 1. The lowest BCUT2D eigenvalue weighted by Crippen LogP contribution is -2.03. The molecule has 1 atom stereocenters. The van der Waals surface area contributed by atoms with Crippen LogP contribution in [0.25, 0.3) is 0 Å². The van der Waals surface area contributed by atoms with Gasteiger partial charge in [0.2, 0.25) is 0 Å². The summed E-state index contributed by atoms with van der Waals surface area (Å²) >= 11 is 7.84. The molecule has 0 amide bonds. The Morgan fingerprint density at radius 2 is 2.23 bits per heavy atom. The van der Waals surface area contributed by atoms with E-state index in [1.807, 2.05) is 0 Å². The Morgan fingerprint density at radius 1 is 1.62 bits per heavy atom. The van der Waals surface area contributed by atoms with Crippen LogP contribution in [0.15, 0.2) is 14.3 Å². The molecule has 72 valence electrons. The largest absolute Gasteiger partial charge is 0.481 e. The molecule has 0 saturated heterocycles. The van der Waals surface area contributed by atoms with E-state index in [1.54, 1.807) is 6.07 Å². The first-order valence-corrected chi connectivity index (χ1v) is 5.75. The molecule has 0 radical (unpaired) electrons. The van der Waals surface area contributed by atoms with Crippen molar-refractivity contribution in [1.29, 1.82) is 0 Å². The van der Waals surface area contributed by atoms with Crippen LogP contribution in [0.3, 0.4) is 0 Å². The van der Waals surface area contributed by atoms with Gasteiger partial charge in [-0.05, 0) is 37.9 Å². The molecule has 0 fully saturated rings. The first kappa shape index (κ1) is 11.2. The van der Waals surface area contributed by atoms with E-state index in [9.17, 15) is 9.90 Å². The molecule has 13 heavy (non-hydrogen) atoms. The minimum Gasteiger partial charge on any atom is -0.481 e. The quantitative estimate of drug-likeness (QED) is 0.896. The van der Waals surface area contributed by atoms with E-state index in [2.05, 4.69) is 31.9 Å². The third-order valence-electron chi connectivity index (χ3n) is 1.36. The molecule has 0 aliphatic rings. The van der Waals surface area contributed by atoms with E-state index >= 15 is 0 Å². The highest BCUT2D eigenvalue weighted by Gasteiger charge is 2.15. The molecule has 2 N–H and O–H groups in total. The molecule has 0 aliphatic carbocycles. The summed E-state index contributed by atoms with van der Waals surface area (Å²) in [4.78, 5) is 10.9. The summed E-state index contributed by atoms with van der Waals surface area (Å²) in [6.45, 7) is 0. The zero-order chi connectivity index (χ0) is 10.0. The molecule has 6 heteroatoms. The molecule has 0 saturated carbocycles. The molecule has 0 bridgehead atoms. The number of hydrogen-bond acceptors (Lipinski definition) is 3. The highest BCUT2D eigenvalue weighted by atomic mass is 79.9. The molecule has 1 aromatic heterocycles. The Bertz CT molecular complexity index is 304. The molecule has 1 aromatic rings. The second kappa shape index (κ2) is 4.54. The van der Waals surface area contributed by atoms with Crippen molar-refractivity contribution in [2.24, 2.45) is 0 Å². The van der Waals surface area contributed by atoms with Crippen molar-refractivity contribution in [1.82, 2.24) is 0 Å². The Morgan fingerprint density at radius 3 is 2.62 bits per heavy atom. The van der Waals surface area contributed by atoms with Crippen molar-refractivity contribution in [3.05, 3.63) is 19.2 Å². The zero-order valence-electron chi connectivity index (χ0n) is 6.33. The molecule has 1 unspecified atom stereocenters. The summed E-state index contributed by atoms with van der Waals surface area (Å²) in [5.41, 5.74) is 0. The molecule has 0 aromatic carbocycles. The van der Waals surface area contributed by atoms with Gasteiger partial charge in [-0.3, -0.25) is 4.79 Å². The average molecular weight is 330 g/mol. The number of carboxylic acids is 1. The van der Waals surface area contributed by atoms with Crippen LogP contribution in [0.5, 0.6) is 0 Å². The summed E-state index contributed by atoms with van der Waals surface area (Å²) in [5.74, 6) is -1.01. The van der Waals surface area contributed by atoms with Gasteiger partial charge >= 0.3 is 5.97 Å². The first-order chi connectivity index (χ1) is 6.00. The smallest absolute Gasteiger partial charge is 0.306 e. The SMILES string of the molecule is O=C(O)CC(O)c1cc(Br)c(Br)s1. The minimum absolute atomic E-state index is 0.264. The first-order valence-electron chi connectivity index (χ1n) is 3.35. The maximum atomic E-state index is 10.3. The third-order valence-corrected chi connectivity index (χ3v) is 4.72. The summed E-state index contributed by atoms with van der Waals surface area (Å²) in [5, 5.41) is 17.9. The molecule has 0 spiro atoms. The fourth-order valence-electron chi connectivity index (χ4n) is 0.794. The van der Waals surface area contributed by atoms with Gasteiger partial charge in [0.15, 0.2) is 0 Å². The highest BCUT2D eigenvalue weighted by molar-refractivity contribution is 9.13. The van der Waals surface area contributed by atoms with Crippen molar-refractivity contribution in [2.75, 3.05) is 0 Å². The Balaban J connectivity index is 2.77. The Hall–Kier alpha value is 0.0900. The lowest BCUT2D eigenvalue weighted by atomic mass is 10.2. The van der Waals surface area contributed by atoms with E-state index in [0.29, 0.717) is 4.88 Å². The lowest BCUT2D eigenvalue weighted by molar-refractivity contribution is -0.139. The van der Waals surface area contributed by atoms with Crippen molar-refractivity contribution in [3.8, 4) is 0 Å². The van der Waals surface area contributed by atoms with Gasteiger partial charge in [0.05, 0.1) is 16.3 Å². The van der Waals surface area contributed by atoms with Gasteiger partial charge in [-0.1, -0.05) is 0 Å². The van der Waals surface area contributed by atoms with Crippen LogP contribution in [0, 0.1) is 0 Å². The van der Waals surface area contributed by atoms with Crippen LogP contribution in [0.1, 0.15) is 17.4 Å². The Labute approximate surface area is 95.7 Å². The van der Waals surface area contributed by atoms with Crippen LogP contribution in [-0.4, -0.2) is 16.2 Å². The van der Waals surface area contributed by atoms with Gasteiger partial charge < -0.3 is 10.2 Å². The molecule has 1 rings (SSSR count). The van der Waals surface area contributed by atoms with Crippen molar-refractivity contribution in [3.63, 3.8) is 0 Å². The van der Waals surface area contributed by atoms with Gasteiger partial charge in [-0.15, -0.1) is 11.3 Å². The molecular weight excluding hydrogens is 324 g/mol. The zero-order valence-corrected chi connectivity index (χ0v) is 10.3. The second-order valence-electron chi connectivity index (χ2n) is 2.38. The monoisotopic (exact) mass is 328 g/mol. The standard InChI is InChI=1S/C7H6Br2O3S/c8-3-1-5(13-7(3)9)4(10)2-6(11)12/h1,4,10H,2H2,(H,11,12). The van der Waals surface area contributed by atoms with Gasteiger partial charge in [0.1, 0.15) is 0 Å². The van der Waals surface area contributed by atoms with Gasteiger partial charge in [-0.2, -0.15) is 0 Å². The molecule has 0 aliphatic heterocycles. The predicted molar refractivity (Wildman–Crippen MR) is 56.9 cm³/mol. The predicted octanol–water partition coefficient (Wildman–Crippen LogP) is 2.78. The maximum Gasteiger partial charge on any atom is 0.306 e. The van der Waals surface area contributed by atoms with E-state index in [1.165, 1.54) is 11.3 Å². The maximum absolute atomic E-state index is 10.3. The van der Waals surface area contributed by atoms with Gasteiger partial charge in [0, 0.05) is 9.35 Å². The van der Waals surface area contributed by atoms with E-state index in [0.717, 1.165) is 8.26 Å². The van der Waals surface area contributed by atoms with Crippen molar-refractivity contribution < 1.29 is 15.0 Å². The lowest BCUT2D eigenvalue weighted by Gasteiger charge is -2.02. The molecular formula is C7H6Br2O3S. The number of halogens is 2. The second-order valence-corrected chi connectivity index (χ2v) is 5.64. The van der Waals surface area contributed by atoms with Crippen LogP contribution in [0.2, 0.25) is 0 Å². The summed E-state index contributed by atoms with van der Waals surface area (Å²) in [7, 11) is 0. The summed E-state index contributed by atoms with van der Waals surface area (Å²) < 4.78 is 1.68. The third kappa shape index (κ3) is 3.05.